The zero-order valence-electron chi connectivity index (χ0n) is 12.8. The molecule has 0 aliphatic carbocycles. The van der Waals surface area contributed by atoms with Gasteiger partial charge in [0.15, 0.2) is 5.69 Å². The highest BCUT2D eigenvalue weighted by atomic mass is 16.5. The highest BCUT2D eigenvalue weighted by molar-refractivity contribution is 5.96. The molecule has 1 fully saturated rings. The van der Waals surface area contributed by atoms with Gasteiger partial charge >= 0.3 is 0 Å². The Morgan fingerprint density at radius 1 is 1.52 bits per heavy atom. The van der Waals surface area contributed by atoms with Gasteiger partial charge in [-0.3, -0.25) is 9.59 Å². The molecule has 1 aromatic rings. The van der Waals surface area contributed by atoms with Crippen LogP contribution in [0.15, 0.2) is 10.6 Å². The van der Waals surface area contributed by atoms with Crippen LogP contribution in [-0.2, 0) is 4.79 Å². The number of carbonyl (C=O) groups excluding carboxylic acids is 2. The van der Waals surface area contributed by atoms with Crippen molar-refractivity contribution in [2.24, 2.45) is 0 Å². The van der Waals surface area contributed by atoms with Crippen LogP contribution in [-0.4, -0.2) is 66.5 Å². The number of hydrogen-bond acceptors (Lipinski definition) is 5. The Morgan fingerprint density at radius 2 is 2.29 bits per heavy atom. The molecule has 0 bridgehead atoms. The van der Waals surface area contributed by atoms with Crippen LogP contribution in [0.25, 0.3) is 0 Å². The first kappa shape index (κ1) is 15.5. The molecule has 21 heavy (non-hydrogen) atoms. The second kappa shape index (κ2) is 6.71. The van der Waals surface area contributed by atoms with Gasteiger partial charge in [-0.05, 0) is 33.9 Å². The summed E-state index contributed by atoms with van der Waals surface area (Å²) in [4.78, 5) is 28.2. The van der Waals surface area contributed by atoms with Gasteiger partial charge in [-0.25, -0.2) is 0 Å². The normalized spacial score (nSPS) is 18.3. The van der Waals surface area contributed by atoms with Crippen molar-refractivity contribution in [3.63, 3.8) is 0 Å². The first-order chi connectivity index (χ1) is 9.99. The molecule has 116 valence electrons. The van der Waals surface area contributed by atoms with Gasteiger partial charge in [0, 0.05) is 25.7 Å². The van der Waals surface area contributed by atoms with Crippen molar-refractivity contribution in [3.8, 4) is 0 Å². The molecule has 0 spiro atoms. The van der Waals surface area contributed by atoms with Crippen molar-refractivity contribution in [3.05, 3.63) is 17.5 Å². The second-order valence-corrected chi connectivity index (χ2v) is 5.57. The van der Waals surface area contributed by atoms with Crippen LogP contribution < -0.4 is 5.32 Å². The average molecular weight is 294 g/mol. The lowest BCUT2D eigenvalue weighted by atomic mass is 10.2. The summed E-state index contributed by atoms with van der Waals surface area (Å²) in [5.74, 6) is 0.254. The van der Waals surface area contributed by atoms with Gasteiger partial charge in [-0.15, -0.1) is 0 Å². The molecule has 1 aromatic heterocycles. The molecule has 7 nitrogen and oxygen atoms in total. The molecular weight excluding hydrogens is 272 g/mol. The molecule has 7 heteroatoms. The fourth-order valence-corrected chi connectivity index (χ4v) is 2.42. The van der Waals surface area contributed by atoms with Crippen LogP contribution in [0.5, 0.6) is 0 Å². The fourth-order valence-electron chi connectivity index (χ4n) is 2.42. The van der Waals surface area contributed by atoms with Gasteiger partial charge < -0.3 is 19.6 Å². The summed E-state index contributed by atoms with van der Waals surface area (Å²) in [7, 11) is 3.90. The van der Waals surface area contributed by atoms with E-state index in [1.54, 1.807) is 17.9 Å². The first-order valence-electron chi connectivity index (χ1n) is 7.16. The maximum atomic E-state index is 12.4. The van der Waals surface area contributed by atoms with Crippen molar-refractivity contribution in [1.82, 2.24) is 20.3 Å². The summed E-state index contributed by atoms with van der Waals surface area (Å²) in [5.41, 5.74) is 0.264. The van der Waals surface area contributed by atoms with Crippen LogP contribution in [0.1, 0.15) is 29.1 Å². The van der Waals surface area contributed by atoms with E-state index in [4.69, 9.17) is 4.52 Å². The highest BCUT2D eigenvalue weighted by Gasteiger charge is 2.35. The van der Waals surface area contributed by atoms with Crippen LogP contribution in [0, 0.1) is 6.92 Å². The van der Waals surface area contributed by atoms with Gasteiger partial charge in [0.25, 0.3) is 5.91 Å². The Morgan fingerprint density at radius 3 is 2.90 bits per heavy atom. The lowest BCUT2D eigenvalue weighted by molar-refractivity contribution is -0.124. The van der Waals surface area contributed by atoms with Crippen LogP contribution in [0.2, 0.25) is 0 Å². The number of nitrogens with zero attached hydrogens (tertiary/aromatic N) is 3. The molecule has 0 aromatic carbocycles. The van der Waals surface area contributed by atoms with Crippen molar-refractivity contribution in [1.29, 1.82) is 0 Å². The molecule has 2 heterocycles. The molecule has 1 saturated heterocycles. The van der Waals surface area contributed by atoms with Gasteiger partial charge in [0.1, 0.15) is 11.8 Å². The molecule has 1 atom stereocenters. The molecule has 2 amide bonds. The number of likely N-dealkylation sites (N-methyl/N-ethyl adjacent to an activating group) is 1. The first-order valence-corrected chi connectivity index (χ1v) is 7.16. The quantitative estimate of drug-likeness (QED) is 0.843. The second-order valence-electron chi connectivity index (χ2n) is 5.57. The Labute approximate surface area is 124 Å². The van der Waals surface area contributed by atoms with Gasteiger partial charge in [0.05, 0.1) is 0 Å². The summed E-state index contributed by atoms with van der Waals surface area (Å²) >= 11 is 0. The van der Waals surface area contributed by atoms with E-state index in [1.807, 2.05) is 19.0 Å². The largest absolute Gasteiger partial charge is 0.361 e. The number of aromatic nitrogens is 1. The number of likely N-dealkylation sites (tertiary alicyclic amines) is 1. The van der Waals surface area contributed by atoms with Crippen LogP contribution >= 0.6 is 0 Å². The SMILES string of the molecule is Cc1cc(C(=O)N2CCCC2C(=O)NCCN(C)C)no1. The summed E-state index contributed by atoms with van der Waals surface area (Å²) in [6, 6.07) is 1.19. The van der Waals surface area contributed by atoms with Gasteiger partial charge in [0.2, 0.25) is 5.91 Å². The van der Waals surface area contributed by atoms with Gasteiger partial charge in [-0.2, -0.15) is 0 Å². The Hall–Kier alpha value is -1.89. The predicted octanol–water partition coefficient (Wildman–Crippen LogP) is 0.265. The topological polar surface area (TPSA) is 78.7 Å². The Kier molecular flexibility index (Phi) is 4.95. The molecule has 1 aliphatic rings. The monoisotopic (exact) mass is 294 g/mol. The van der Waals surface area contributed by atoms with Crippen molar-refractivity contribution in [2.45, 2.75) is 25.8 Å². The number of nitrogens with one attached hydrogen (secondary N) is 1. The van der Waals surface area contributed by atoms with E-state index in [-0.39, 0.29) is 17.5 Å². The molecular formula is C14H22N4O3. The third-order valence-corrected chi connectivity index (χ3v) is 3.52. The van der Waals surface area contributed by atoms with E-state index >= 15 is 0 Å². The van der Waals surface area contributed by atoms with Crippen LogP contribution in [0.4, 0.5) is 0 Å². The number of hydrogen-bond donors (Lipinski definition) is 1. The number of rotatable bonds is 5. The van der Waals surface area contributed by atoms with E-state index in [2.05, 4.69) is 10.5 Å². The van der Waals surface area contributed by atoms with Crippen molar-refractivity contribution in [2.75, 3.05) is 33.7 Å². The maximum Gasteiger partial charge on any atom is 0.276 e. The highest BCUT2D eigenvalue weighted by Crippen LogP contribution is 2.20. The Balaban J connectivity index is 1.96. The van der Waals surface area contributed by atoms with Crippen molar-refractivity contribution >= 4 is 11.8 Å². The van der Waals surface area contributed by atoms with E-state index in [9.17, 15) is 9.59 Å². The van der Waals surface area contributed by atoms with E-state index < -0.39 is 6.04 Å². The van der Waals surface area contributed by atoms with E-state index in [0.29, 0.717) is 25.3 Å². The molecule has 0 saturated carbocycles. The number of amides is 2. The third kappa shape index (κ3) is 3.81. The minimum atomic E-state index is -0.406. The number of aryl methyl sites for hydroxylation is 1. The third-order valence-electron chi connectivity index (χ3n) is 3.52. The van der Waals surface area contributed by atoms with E-state index in [0.717, 1.165) is 13.0 Å². The standard InChI is InChI=1S/C14H22N4O3/c1-10-9-11(16-21-10)14(20)18-7-4-5-12(18)13(19)15-6-8-17(2)3/h9,12H,4-8H2,1-3H3,(H,15,19). The predicted molar refractivity (Wildman–Crippen MR) is 76.9 cm³/mol. The minimum Gasteiger partial charge on any atom is -0.361 e. The molecule has 1 N–H and O–H groups in total. The van der Waals surface area contributed by atoms with E-state index in [1.165, 1.54) is 0 Å². The zero-order valence-corrected chi connectivity index (χ0v) is 12.8. The minimum absolute atomic E-state index is 0.0945. The Bertz CT molecular complexity index is 512. The molecule has 1 unspecified atom stereocenters. The average Bonchev–Trinajstić information content (AvgIpc) is 3.05. The summed E-state index contributed by atoms with van der Waals surface area (Å²) < 4.78 is 4.93. The maximum absolute atomic E-state index is 12.4. The smallest absolute Gasteiger partial charge is 0.276 e. The van der Waals surface area contributed by atoms with Crippen LogP contribution in [0.3, 0.4) is 0 Å². The van der Waals surface area contributed by atoms with Gasteiger partial charge in [-0.1, -0.05) is 5.16 Å². The molecule has 0 radical (unpaired) electrons. The summed E-state index contributed by atoms with van der Waals surface area (Å²) in [6.45, 7) is 3.66. The molecule has 2 rings (SSSR count). The zero-order chi connectivity index (χ0) is 15.4. The van der Waals surface area contributed by atoms with Crippen molar-refractivity contribution < 1.29 is 14.1 Å². The lowest BCUT2D eigenvalue weighted by Crippen LogP contribution is -2.47. The lowest BCUT2D eigenvalue weighted by Gasteiger charge is -2.23. The summed E-state index contributed by atoms with van der Waals surface area (Å²) in [6.07, 6.45) is 1.52. The fraction of sp³-hybridized carbons (Fsp3) is 0.643. The number of carbonyl (C=O) groups is 2. The summed E-state index contributed by atoms with van der Waals surface area (Å²) in [5, 5.41) is 6.61. The molecule has 1 aliphatic heterocycles.